The highest BCUT2D eigenvalue weighted by atomic mass is 16.5. The second-order valence-electron chi connectivity index (χ2n) is 5.65. The summed E-state index contributed by atoms with van der Waals surface area (Å²) in [6.45, 7) is 0. The molecule has 3 aromatic heterocycles. The van der Waals surface area contributed by atoms with Gasteiger partial charge in [0.05, 0.1) is 18.8 Å². The highest BCUT2D eigenvalue weighted by Crippen LogP contribution is 2.42. The van der Waals surface area contributed by atoms with Gasteiger partial charge in [0.25, 0.3) is 0 Å². The Balaban J connectivity index is 2.12. The van der Waals surface area contributed by atoms with E-state index >= 15 is 0 Å². The molecule has 0 bridgehead atoms. The van der Waals surface area contributed by atoms with Crippen LogP contribution in [-0.2, 0) is 0 Å². The maximum atomic E-state index is 12.5. The van der Waals surface area contributed by atoms with Crippen LogP contribution in [0.4, 0.5) is 0 Å². The maximum absolute atomic E-state index is 12.5. The second kappa shape index (κ2) is 4.47. The predicted molar refractivity (Wildman–Crippen MR) is 89.4 cm³/mol. The standard InChI is InChI=1S/C18H10O7/c1-22-16-7-2-3-23-11(7)6-13-15(16)17-14(18(21)25-13)8-4-9(19)10(20)5-12(8)24-17/h2-6,19-20H,1H3. The number of rotatable bonds is 1. The number of benzene rings is 2. The second-order valence-corrected chi connectivity index (χ2v) is 5.65. The van der Waals surface area contributed by atoms with Gasteiger partial charge in [-0.15, -0.1) is 0 Å². The first-order chi connectivity index (χ1) is 12.1. The molecule has 25 heavy (non-hydrogen) atoms. The van der Waals surface area contributed by atoms with Crippen molar-refractivity contribution in [1.29, 1.82) is 0 Å². The third-order valence-corrected chi connectivity index (χ3v) is 4.30. The average Bonchev–Trinajstić information content (AvgIpc) is 3.18. The third-order valence-electron chi connectivity index (χ3n) is 4.30. The van der Waals surface area contributed by atoms with E-state index in [0.717, 1.165) is 0 Å². The molecule has 0 saturated carbocycles. The molecule has 5 rings (SSSR count). The minimum absolute atomic E-state index is 0.166. The summed E-state index contributed by atoms with van der Waals surface area (Å²) < 4.78 is 22.1. The molecule has 0 spiro atoms. The van der Waals surface area contributed by atoms with E-state index in [1.807, 2.05) is 0 Å². The van der Waals surface area contributed by atoms with Crippen molar-refractivity contribution in [2.75, 3.05) is 7.11 Å². The van der Waals surface area contributed by atoms with E-state index < -0.39 is 5.63 Å². The number of furan rings is 2. The molecule has 0 atom stereocenters. The van der Waals surface area contributed by atoms with Crippen molar-refractivity contribution in [1.82, 2.24) is 0 Å². The van der Waals surface area contributed by atoms with Crippen molar-refractivity contribution in [3.8, 4) is 17.2 Å². The number of hydrogen-bond acceptors (Lipinski definition) is 7. The molecule has 0 saturated heterocycles. The van der Waals surface area contributed by atoms with Gasteiger partial charge in [0.15, 0.2) is 17.1 Å². The zero-order valence-corrected chi connectivity index (χ0v) is 12.8. The lowest BCUT2D eigenvalue weighted by Crippen LogP contribution is -1.99. The number of phenolic OH excluding ortho intramolecular Hbond substituents is 2. The molecule has 0 aliphatic heterocycles. The summed E-state index contributed by atoms with van der Waals surface area (Å²) in [5, 5.41) is 21.1. The van der Waals surface area contributed by atoms with Gasteiger partial charge in [-0.05, 0) is 12.1 Å². The summed E-state index contributed by atoms with van der Waals surface area (Å²) in [5.74, 6) is -0.251. The summed E-state index contributed by atoms with van der Waals surface area (Å²) in [6, 6.07) is 5.85. The predicted octanol–water partition coefficient (Wildman–Crippen LogP) is 3.86. The van der Waals surface area contributed by atoms with Crippen molar-refractivity contribution in [3.05, 3.63) is 40.9 Å². The Morgan fingerprint density at radius 3 is 2.52 bits per heavy atom. The molecular formula is C18H10O7. The van der Waals surface area contributed by atoms with Gasteiger partial charge in [-0.2, -0.15) is 0 Å². The quantitative estimate of drug-likeness (QED) is 0.353. The van der Waals surface area contributed by atoms with Gasteiger partial charge in [-0.1, -0.05) is 0 Å². The van der Waals surface area contributed by atoms with Crippen molar-refractivity contribution in [3.63, 3.8) is 0 Å². The summed E-state index contributed by atoms with van der Waals surface area (Å²) in [6.07, 6.45) is 1.51. The molecule has 0 unspecified atom stereocenters. The van der Waals surface area contributed by atoms with E-state index in [1.54, 1.807) is 12.1 Å². The number of hydrogen-bond donors (Lipinski definition) is 2. The van der Waals surface area contributed by atoms with Gasteiger partial charge < -0.3 is 28.2 Å². The van der Waals surface area contributed by atoms with E-state index in [0.29, 0.717) is 27.5 Å². The largest absolute Gasteiger partial charge is 0.504 e. The van der Waals surface area contributed by atoms with Crippen LogP contribution in [0.2, 0.25) is 0 Å². The van der Waals surface area contributed by atoms with E-state index in [2.05, 4.69) is 0 Å². The van der Waals surface area contributed by atoms with E-state index in [-0.39, 0.29) is 33.6 Å². The Labute approximate surface area is 138 Å². The number of ether oxygens (including phenoxy) is 1. The zero-order valence-electron chi connectivity index (χ0n) is 12.8. The Morgan fingerprint density at radius 2 is 1.72 bits per heavy atom. The van der Waals surface area contributed by atoms with Crippen LogP contribution in [0.1, 0.15) is 0 Å². The first-order valence-electron chi connectivity index (χ1n) is 7.37. The fraction of sp³-hybridized carbons (Fsp3) is 0.0556. The summed E-state index contributed by atoms with van der Waals surface area (Å²) in [5.41, 5.74) is 0.646. The van der Waals surface area contributed by atoms with Crippen LogP contribution in [0, 0.1) is 0 Å². The smallest absolute Gasteiger partial charge is 0.348 e. The zero-order chi connectivity index (χ0) is 17.3. The fourth-order valence-corrected chi connectivity index (χ4v) is 3.22. The van der Waals surface area contributed by atoms with Crippen molar-refractivity contribution in [2.45, 2.75) is 0 Å². The van der Waals surface area contributed by atoms with Gasteiger partial charge >= 0.3 is 5.63 Å². The lowest BCUT2D eigenvalue weighted by atomic mass is 10.1. The van der Waals surface area contributed by atoms with Gasteiger partial charge in [0, 0.05) is 17.5 Å². The number of phenols is 2. The van der Waals surface area contributed by atoms with Crippen LogP contribution < -0.4 is 10.4 Å². The number of aromatic hydroxyl groups is 2. The molecule has 2 N–H and O–H groups in total. The SMILES string of the molecule is COc1c2ccoc2cc2oc(=O)c3c4cc(O)c(O)cc4oc3c12. The average molecular weight is 338 g/mol. The Morgan fingerprint density at radius 1 is 0.920 bits per heavy atom. The van der Waals surface area contributed by atoms with Crippen molar-refractivity contribution in [2.24, 2.45) is 0 Å². The lowest BCUT2D eigenvalue weighted by Gasteiger charge is -2.06. The van der Waals surface area contributed by atoms with Gasteiger partial charge in [-0.3, -0.25) is 0 Å². The fourth-order valence-electron chi connectivity index (χ4n) is 3.22. The Bertz CT molecular complexity index is 1370. The normalized spacial score (nSPS) is 11.9. The molecule has 0 aliphatic rings. The van der Waals surface area contributed by atoms with Crippen LogP contribution in [0.25, 0.3) is 43.9 Å². The molecular weight excluding hydrogens is 328 g/mol. The molecule has 0 aliphatic carbocycles. The number of methoxy groups -OCH3 is 1. The minimum atomic E-state index is -0.626. The first-order valence-corrected chi connectivity index (χ1v) is 7.37. The summed E-state index contributed by atoms with van der Waals surface area (Å²) >= 11 is 0. The monoisotopic (exact) mass is 338 g/mol. The minimum Gasteiger partial charge on any atom is -0.504 e. The number of fused-ring (bicyclic) bond motifs is 6. The topological polar surface area (TPSA) is 106 Å². The third kappa shape index (κ3) is 1.66. The van der Waals surface area contributed by atoms with Crippen LogP contribution in [0.15, 0.2) is 48.6 Å². The molecule has 0 radical (unpaired) electrons. The highest BCUT2D eigenvalue weighted by molar-refractivity contribution is 6.18. The van der Waals surface area contributed by atoms with E-state index in [9.17, 15) is 15.0 Å². The summed E-state index contributed by atoms with van der Waals surface area (Å²) in [4.78, 5) is 12.5. The van der Waals surface area contributed by atoms with Crippen LogP contribution in [0.3, 0.4) is 0 Å². The van der Waals surface area contributed by atoms with Gasteiger partial charge in [-0.25, -0.2) is 4.79 Å². The van der Waals surface area contributed by atoms with Gasteiger partial charge in [0.1, 0.15) is 33.3 Å². The van der Waals surface area contributed by atoms with Crippen molar-refractivity contribution < 1.29 is 28.2 Å². The highest BCUT2D eigenvalue weighted by Gasteiger charge is 2.22. The Kier molecular flexibility index (Phi) is 2.47. The molecule has 3 heterocycles. The van der Waals surface area contributed by atoms with Gasteiger partial charge in [0.2, 0.25) is 0 Å². The molecule has 7 nitrogen and oxygen atoms in total. The molecule has 0 fully saturated rings. The Hall–Kier alpha value is -3.61. The summed E-state index contributed by atoms with van der Waals surface area (Å²) in [7, 11) is 1.50. The van der Waals surface area contributed by atoms with Crippen molar-refractivity contribution >= 4 is 43.9 Å². The van der Waals surface area contributed by atoms with E-state index in [1.165, 1.54) is 25.5 Å². The van der Waals surface area contributed by atoms with Crippen LogP contribution in [0.5, 0.6) is 17.2 Å². The van der Waals surface area contributed by atoms with Crippen LogP contribution in [-0.4, -0.2) is 17.3 Å². The molecule has 7 heteroatoms. The van der Waals surface area contributed by atoms with Crippen LogP contribution >= 0.6 is 0 Å². The maximum Gasteiger partial charge on any atom is 0.348 e. The van der Waals surface area contributed by atoms with E-state index in [4.69, 9.17) is 18.0 Å². The molecule has 2 aromatic carbocycles. The first kappa shape index (κ1) is 13.8. The molecule has 0 amide bonds. The molecule has 124 valence electrons. The molecule has 5 aromatic rings. The lowest BCUT2D eigenvalue weighted by molar-refractivity contribution is 0.404.